The highest BCUT2D eigenvalue weighted by Gasteiger charge is 2.38. The van der Waals surface area contributed by atoms with Crippen LogP contribution < -0.4 is 9.47 Å². The van der Waals surface area contributed by atoms with E-state index in [2.05, 4.69) is 33.8 Å². The van der Waals surface area contributed by atoms with Crippen LogP contribution in [0, 0.1) is 17.1 Å². The molecule has 1 aliphatic rings. The van der Waals surface area contributed by atoms with Gasteiger partial charge >= 0.3 is 0 Å². The number of fused-ring (bicyclic) bond motifs is 1. The van der Waals surface area contributed by atoms with Gasteiger partial charge < -0.3 is 9.47 Å². The van der Waals surface area contributed by atoms with Crippen molar-refractivity contribution in [3.63, 3.8) is 0 Å². The fourth-order valence-corrected chi connectivity index (χ4v) is 4.54. The zero-order valence-corrected chi connectivity index (χ0v) is 19.5. The van der Waals surface area contributed by atoms with Gasteiger partial charge in [-0.05, 0) is 60.2 Å². The van der Waals surface area contributed by atoms with Crippen molar-refractivity contribution in [3.05, 3.63) is 88.7 Å². The number of nitrogens with zero attached hydrogens (tertiary/aromatic N) is 1. The fraction of sp³-hybridized carbons (Fsp3) is 0.276. The predicted octanol–water partition coefficient (Wildman–Crippen LogP) is 7.45. The minimum atomic E-state index is -0.380. The summed E-state index contributed by atoms with van der Waals surface area (Å²) in [5, 5.41) is 9.31. The maximum absolute atomic E-state index is 13.8. The standard InChI is InChI=1S/C29H28FNO2/c1-19(2)25-23(11-8-16-31)26(21-12-14-22(30)15-13-21)28(27-24(25)17-29(3,4)33-27)32-18-20-9-6-5-7-10-20/h5-15,19H,17-18H2,1-4H3/b11-8+. The van der Waals surface area contributed by atoms with Gasteiger partial charge in [0.05, 0.1) is 6.07 Å². The van der Waals surface area contributed by atoms with Crippen molar-refractivity contribution in [2.24, 2.45) is 0 Å². The normalized spacial score (nSPS) is 14.2. The van der Waals surface area contributed by atoms with Gasteiger partial charge in [-0.15, -0.1) is 0 Å². The Morgan fingerprint density at radius 1 is 1.12 bits per heavy atom. The first-order valence-electron chi connectivity index (χ1n) is 11.2. The zero-order valence-electron chi connectivity index (χ0n) is 19.5. The van der Waals surface area contributed by atoms with E-state index in [9.17, 15) is 9.65 Å². The van der Waals surface area contributed by atoms with E-state index in [0.29, 0.717) is 12.4 Å². The molecule has 0 atom stereocenters. The predicted molar refractivity (Wildman–Crippen MR) is 130 cm³/mol. The monoisotopic (exact) mass is 441 g/mol. The van der Waals surface area contributed by atoms with Crippen LogP contribution in [0.1, 0.15) is 55.9 Å². The molecule has 0 bridgehead atoms. The number of rotatable bonds is 6. The molecule has 0 saturated carbocycles. The minimum absolute atomic E-state index is 0.192. The van der Waals surface area contributed by atoms with Crippen LogP contribution in [0.15, 0.2) is 60.7 Å². The summed E-state index contributed by atoms with van der Waals surface area (Å²) in [4.78, 5) is 0. The van der Waals surface area contributed by atoms with E-state index in [1.54, 1.807) is 12.1 Å². The molecule has 168 valence electrons. The first kappa shape index (κ1) is 22.6. The lowest BCUT2D eigenvalue weighted by Gasteiger charge is -2.24. The Hall–Kier alpha value is -3.58. The van der Waals surface area contributed by atoms with Crippen molar-refractivity contribution in [2.75, 3.05) is 0 Å². The van der Waals surface area contributed by atoms with Gasteiger partial charge in [0.1, 0.15) is 18.0 Å². The lowest BCUT2D eigenvalue weighted by Crippen LogP contribution is -2.25. The molecular weight excluding hydrogens is 413 g/mol. The summed E-state index contributed by atoms with van der Waals surface area (Å²) in [6.45, 7) is 8.79. The van der Waals surface area contributed by atoms with Gasteiger partial charge in [-0.3, -0.25) is 0 Å². The molecule has 0 fully saturated rings. The van der Waals surface area contributed by atoms with E-state index in [-0.39, 0.29) is 17.3 Å². The Labute approximate surface area is 195 Å². The van der Waals surface area contributed by atoms with Crippen molar-refractivity contribution < 1.29 is 13.9 Å². The second-order valence-electron chi connectivity index (χ2n) is 9.28. The third-order valence-electron chi connectivity index (χ3n) is 5.83. The largest absolute Gasteiger partial charge is 0.484 e. The van der Waals surface area contributed by atoms with Crippen LogP contribution in [-0.4, -0.2) is 5.60 Å². The third-order valence-corrected chi connectivity index (χ3v) is 5.83. The average Bonchev–Trinajstić information content (AvgIpc) is 3.11. The Kier molecular flexibility index (Phi) is 6.24. The molecule has 3 aromatic carbocycles. The molecule has 3 nitrogen and oxygen atoms in total. The van der Waals surface area contributed by atoms with E-state index < -0.39 is 0 Å². The van der Waals surface area contributed by atoms with Crippen molar-refractivity contribution in [1.29, 1.82) is 5.26 Å². The van der Waals surface area contributed by atoms with Crippen LogP contribution in [0.25, 0.3) is 17.2 Å². The number of benzene rings is 3. The van der Waals surface area contributed by atoms with Crippen LogP contribution in [0.3, 0.4) is 0 Å². The lowest BCUT2D eigenvalue weighted by atomic mass is 9.83. The van der Waals surface area contributed by atoms with E-state index in [0.717, 1.165) is 45.6 Å². The molecule has 33 heavy (non-hydrogen) atoms. The first-order valence-corrected chi connectivity index (χ1v) is 11.2. The van der Waals surface area contributed by atoms with E-state index in [1.807, 2.05) is 36.4 Å². The molecule has 0 aromatic heterocycles. The van der Waals surface area contributed by atoms with Crippen molar-refractivity contribution in [1.82, 2.24) is 0 Å². The molecule has 1 heterocycles. The summed E-state index contributed by atoms with van der Waals surface area (Å²) in [5.74, 6) is 1.26. The molecular formula is C29H28FNO2. The highest BCUT2D eigenvalue weighted by atomic mass is 19.1. The molecule has 1 aliphatic heterocycles. The molecule has 0 saturated heterocycles. The molecule has 0 N–H and O–H groups in total. The number of halogens is 1. The van der Waals surface area contributed by atoms with Crippen LogP contribution in [0.5, 0.6) is 11.5 Å². The van der Waals surface area contributed by atoms with Gasteiger partial charge in [0, 0.05) is 23.6 Å². The van der Waals surface area contributed by atoms with Gasteiger partial charge in [0.25, 0.3) is 0 Å². The van der Waals surface area contributed by atoms with Gasteiger partial charge in [0.15, 0.2) is 11.5 Å². The summed E-state index contributed by atoms with van der Waals surface area (Å²) in [7, 11) is 0. The number of allylic oxidation sites excluding steroid dienone is 1. The number of hydrogen-bond acceptors (Lipinski definition) is 3. The van der Waals surface area contributed by atoms with Crippen molar-refractivity contribution >= 4 is 6.08 Å². The zero-order chi connectivity index (χ0) is 23.6. The Balaban J connectivity index is 2.01. The highest BCUT2D eigenvalue weighted by molar-refractivity contribution is 5.87. The minimum Gasteiger partial charge on any atom is -0.484 e. The molecule has 0 amide bonds. The summed E-state index contributed by atoms with van der Waals surface area (Å²) in [5.41, 5.74) is 5.45. The summed E-state index contributed by atoms with van der Waals surface area (Å²) in [6, 6.07) is 18.5. The second-order valence-corrected chi connectivity index (χ2v) is 9.28. The Bertz CT molecular complexity index is 1220. The van der Waals surface area contributed by atoms with Gasteiger partial charge in [-0.25, -0.2) is 4.39 Å². The first-order chi connectivity index (χ1) is 15.8. The maximum atomic E-state index is 13.8. The van der Waals surface area contributed by atoms with Crippen molar-refractivity contribution in [2.45, 2.75) is 52.2 Å². The molecule has 4 rings (SSSR count). The number of ether oxygens (including phenoxy) is 2. The topological polar surface area (TPSA) is 42.2 Å². The van der Waals surface area contributed by atoms with E-state index >= 15 is 0 Å². The third kappa shape index (κ3) is 4.64. The SMILES string of the molecule is CC(C)c1c(/C=C/C#N)c(-c2ccc(F)cc2)c(OCc2ccccc2)c2c1CC(C)(C)O2. The lowest BCUT2D eigenvalue weighted by molar-refractivity contribution is 0.131. The molecule has 0 unspecified atom stereocenters. The van der Waals surface area contributed by atoms with Gasteiger partial charge in [-0.1, -0.05) is 56.3 Å². The van der Waals surface area contributed by atoms with Crippen LogP contribution >= 0.6 is 0 Å². The molecule has 0 aliphatic carbocycles. The maximum Gasteiger partial charge on any atom is 0.170 e. The smallest absolute Gasteiger partial charge is 0.170 e. The van der Waals surface area contributed by atoms with Crippen molar-refractivity contribution in [3.8, 4) is 28.7 Å². The summed E-state index contributed by atoms with van der Waals surface area (Å²) >= 11 is 0. The van der Waals surface area contributed by atoms with Crippen LogP contribution in [0.2, 0.25) is 0 Å². The Morgan fingerprint density at radius 2 is 1.82 bits per heavy atom. The fourth-order valence-electron chi connectivity index (χ4n) is 4.54. The molecule has 3 aromatic rings. The van der Waals surface area contributed by atoms with Gasteiger partial charge in [0.2, 0.25) is 0 Å². The van der Waals surface area contributed by atoms with E-state index in [1.165, 1.54) is 18.2 Å². The average molecular weight is 442 g/mol. The number of hydrogen-bond donors (Lipinski definition) is 0. The molecule has 0 spiro atoms. The molecule has 4 heteroatoms. The van der Waals surface area contributed by atoms with E-state index in [4.69, 9.17) is 9.47 Å². The van der Waals surface area contributed by atoms with Crippen LogP contribution in [-0.2, 0) is 13.0 Å². The Morgan fingerprint density at radius 3 is 2.45 bits per heavy atom. The van der Waals surface area contributed by atoms with Gasteiger partial charge in [-0.2, -0.15) is 5.26 Å². The highest BCUT2D eigenvalue weighted by Crippen LogP contribution is 2.53. The van der Waals surface area contributed by atoms with Crippen LogP contribution in [0.4, 0.5) is 4.39 Å². The summed E-state index contributed by atoms with van der Waals surface area (Å²) < 4.78 is 26.7. The summed E-state index contributed by atoms with van der Waals surface area (Å²) in [6.07, 6.45) is 4.08. The quantitative estimate of drug-likeness (QED) is 0.373. The molecule has 0 radical (unpaired) electrons. The number of nitriles is 1. The second kappa shape index (κ2) is 9.11.